The van der Waals surface area contributed by atoms with Crippen molar-refractivity contribution in [2.75, 3.05) is 43.9 Å². The number of hydrogen-bond donors (Lipinski definition) is 1. The predicted molar refractivity (Wildman–Crippen MR) is 96.4 cm³/mol. The number of benzene rings is 1. The van der Waals surface area contributed by atoms with E-state index in [9.17, 15) is 0 Å². The summed E-state index contributed by atoms with van der Waals surface area (Å²) in [6.07, 6.45) is 4.58. The lowest BCUT2D eigenvalue weighted by Gasteiger charge is -2.38. The Bertz CT molecular complexity index is 656. The minimum atomic E-state index is 0.469. The summed E-state index contributed by atoms with van der Waals surface area (Å²) in [6, 6.07) is 8.38. The number of nitrogen functional groups attached to an aromatic ring is 1. The monoisotopic (exact) mass is 327 g/mol. The molecule has 1 atom stereocenters. The van der Waals surface area contributed by atoms with E-state index in [2.05, 4.69) is 32.8 Å². The quantitative estimate of drug-likeness (QED) is 0.845. The molecule has 2 aromatic rings. The van der Waals surface area contributed by atoms with Crippen molar-refractivity contribution in [1.82, 2.24) is 14.9 Å². The number of nitrogens with two attached hydrogens (primary N) is 1. The van der Waals surface area contributed by atoms with Gasteiger partial charge in [-0.15, -0.1) is 0 Å². The Morgan fingerprint density at radius 2 is 1.88 bits per heavy atom. The molecule has 1 aromatic carbocycles. The van der Waals surface area contributed by atoms with Crippen LogP contribution in [-0.2, 0) is 6.42 Å². The van der Waals surface area contributed by atoms with E-state index < -0.39 is 0 Å². The second-order valence-electron chi connectivity index (χ2n) is 6.20. The van der Waals surface area contributed by atoms with Gasteiger partial charge in [0.25, 0.3) is 0 Å². The van der Waals surface area contributed by atoms with Crippen LogP contribution in [0, 0.1) is 0 Å². The topological polar surface area (TPSA) is 67.5 Å². The second kappa shape index (κ2) is 7.49. The molecule has 6 nitrogen and oxygen atoms in total. The van der Waals surface area contributed by atoms with Crippen LogP contribution in [0.25, 0.3) is 0 Å². The number of ether oxygens (including phenoxy) is 1. The third kappa shape index (κ3) is 3.76. The zero-order chi connectivity index (χ0) is 16.9. The molecule has 1 saturated heterocycles. The Morgan fingerprint density at radius 3 is 2.50 bits per heavy atom. The number of rotatable bonds is 5. The molecule has 0 bridgehead atoms. The van der Waals surface area contributed by atoms with Crippen molar-refractivity contribution >= 4 is 11.6 Å². The largest absolute Gasteiger partial charge is 0.495 e. The van der Waals surface area contributed by atoms with Gasteiger partial charge in [-0.2, -0.15) is 0 Å². The van der Waals surface area contributed by atoms with E-state index in [1.807, 2.05) is 18.2 Å². The number of hydrogen-bond acceptors (Lipinski definition) is 6. The molecule has 2 heterocycles. The Hall–Kier alpha value is -2.34. The van der Waals surface area contributed by atoms with Gasteiger partial charge >= 0.3 is 0 Å². The summed E-state index contributed by atoms with van der Waals surface area (Å²) in [4.78, 5) is 13.4. The molecule has 2 N–H and O–H groups in total. The summed E-state index contributed by atoms with van der Waals surface area (Å²) in [7, 11) is 1.64. The number of methoxy groups -OCH3 is 1. The van der Waals surface area contributed by atoms with Crippen molar-refractivity contribution in [2.24, 2.45) is 0 Å². The van der Waals surface area contributed by atoms with E-state index in [-0.39, 0.29) is 0 Å². The molecule has 3 rings (SSSR count). The van der Waals surface area contributed by atoms with Crippen LogP contribution in [0.1, 0.15) is 12.5 Å². The van der Waals surface area contributed by atoms with E-state index in [0.29, 0.717) is 11.7 Å². The Morgan fingerprint density at radius 1 is 1.17 bits per heavy atom. The van der Waals surface area contributed by atoms with E-state index in [1.54, 1.807) is 19.5 Å². The van der Waals surface area contributed by atoms with Gasteiger partial charge in [-0.3, -0.25) is 4.90 Å². The van der Waals surface area contributed by atoms with Gasteiger partial charge in [0.05, 0.1) is 12.8 Å². The van der Waals surface area contributed by atoms with Crippen molar-refractivity contribution in [3.05, 3.63) is 42.2 Å². The predicted octanol–water partition coefficient (Wildman–Crippen LogP) is 1.82. The lowest BCUT2D eigenvalue weighted by Crippen LogP contribution is -2.50. The molecule has 6 heteroatoms. The Balaban J connectivity index is 1.55. The average Bonchev–Trinajstić information content (AvgIpc) is 2.63. The van der Waals surface area contributed by atoms with Crippen LogP contribution < -0.4 is 15.4 Å². The number of nitrogens with zero attached hydrogens (tertiary/aromatic N) is 4. The van der Waals surface area contributed by atoms with Crippen LogP contribution >= 0.6 is 0 Å². The highest BCUT2D eigenvalue weighted by Gasteiger charge is 2.22. The van der Waals surface area contributed by atoms with Crippen molar-refractivity contribution in [3.8, 4) is 5.75 Å². The van der Waals surface area contributed by atoms with Gasteiger partial charge in [0.1, 0.15) is 5.75 Å². The van der Waals surface area contributed by atoms with Gasteiger partial charge in [-0.1, -0.05) is 6.07 Å². The van der Waals surface area contributed by atoms with Crippen molar-refractivity contribution in [3.63, 3.8) is 0 Å². The highest BCUT2D eigenvalue weighted by Crippen LogP contribution is 2.23. The first-order valence-corrected chi connectivity index (χ1v) is 8.36. The van der Waals surface area contributed by atoms with E-state index in [0.717, 1.165) is 44.3 Å². The van der Waals surface area contributed by atoms with Crippen LogP contribution in [-0.4, -0.2) is 54.2 Å². The maximum absolute atomic E-state index is 6.01. The van der Waals surface area contributed by atoms with E-state index in [4.69, 9.17) is 10.5 Å². The molecule has 1 aliphatic rings. The molecule has 0 amide bonds. The maximum atomic E-state index is 6.01. The number of piperazine rings is 1. The van der Waals surface area contributed by atoms with Gasteiger partial charge in [0.15, 0.2) is 0 Å². The zero-order valence-corrected chi connectivity index (χ0v) is 14.4. The van der Waals surface area contributed by atoms with Crippen LogP contribution in [0.2, 0.25) is 0 Å². The molecule has 1 aliphatic heterocycles. The van der Waals surface area contributed by atoms with E-state index >= 15 is 0 Å². The third-order valence-corrected chi connectivity index (χ3v) is 4.60. The lowest BCUT2D eigenvalue weighted by molar-refractivity contribution is 0.195. The first-order chi connectivity index (χ1) is 11.7. The molecule has 1 aromatic heterocycles. The Labute approximate surface area is 143 Å². The minimum Gasteiger partial charge on any atom is -0.495 e. The normalized spacial score (nSPS) is 16.8. The molecular formula is C18H25N5O. The standard InChI is InChI=1S/C18H25N5O/c1-14(12-15-4-5-17(24-2)16(19)13-15)22-8-10-23(11-9-22)18-20-6-3-7-21-18/h3-7,13-14H,8-12,19H2,1-2H3. The maximum Gasteiger partial charge on any atom is 0.225 e. The van der Waals surface area contributed by atoms with Gasteiger partial charge in [-0.25, -0.2) is 9.97 Å². The first-order valence-electron chi connectivity index (χ1n) is 8.36. The molecule has 1 fully saturated rings. The molecule has 1 unspecified atom stereocenters. The van der Waals surface area contributed by atoms with Crippen LogP contribution in [0.15, 0.2) is 36.7 Å². The van der Waals surface area contributed by atoms with Crippen LogP contribution in [0.4, 0.5) is 11.6 Å². The van der Waals surface area contributed by atoms with E-state index in [1.165, 1.54) is 5.56 Å². The van der Waals surface area contributed by atoms with Crippen molar-refractivity contribution in [1.29, 1.82) is 0 Å². The third-order valence-electron chi connectivity index (χ3n) is 4.60. The molecule has 0 radical (unpaired) electrons. The second-order valence-corrected chi connectivity index (χ2v) is 6.20. The highest BCUT2D eigenvalue weighted by molar-refractivity contribution is 5.54. The molecular weight excluding hydrogens is 302 g/mol. The van der Waals surface area contributed by atoms with Crippen molar-refractivity contribution < 1.29 is 4.74 Å². The zero-order valence-electron chi connectivity index (χ0n) is 14.4. The smallest absolute Gasteiger partial charge is 0.225 e. The summed E-state index contributed by atoms with van der Waals surface area (Å²) in [5.74, 6) is 1.57. The van der Waals surface area contributed by atoms with Gasteiger partial charge in [0.2, 0.25) is 5.95 Å². The molecule has 24 heavy (non-hydrogen) atoms. The Kier molecular flexibility index (Phi) is 5.15. The fourth-order valence-corrected chi connectivity index (χ4v) is 3.20. The lowest BCUT2D eigenvalue weighted by atomic mass is 10.0. The van der Waals surface area contributed by atoms with Gasteiger partial charge < -0.3 is 15.4 Å². The number of anilines is 2. The first kappa shape index (κ1) is 16.5. The van der Waals surface area contributed by atoms with Gasteiger partial charge in [0, 0.05) is 44.6 Å². The minimum absolute atomic E-state index is 0.469. The fraction of sp³-hybridized carbons (Fsp3) is 0.444. The molecule has 128 valence electrons. The average molecular weight is 327 g/mol. The van der Waals surface area contributed by atoms with Crippen molar-refractivity contribution in [2.45, 2.75) is 19.4 Å². The summed E-state index contributed by atoms with van der Waals surface area (Å²) in [5.41, 5.74) is 7.96. The fourth-order valence-electron chi connectivity index (χ4n) is 3.20. The summed E-state index contributed by atoms with van der Waals surface area (Å²) in [6.45, 7) is 6.23. The molecule has 0 aliphatic carbocycles. The molecule has 0 saturated carbocycles. The highest BCUT2D eigenvalue weighted by atomic mass is 16.5. The number of aromatic nitrogens is 2. The summed E-state index contributed by atoms with van der Waals surface area (Å²) >= 11 is 0. The molecule has 0 spiro atoms. The van der Waals surface area contributed by atoms with Crippen LogP contribution in [0.5, 0.6) is 5.75 Å². The summed E-state index contributed by atoms with van der Waals surface area (Å²) in [5, 5.41) is 0. The van der Waals surface area contributed by atoms with Gasteiger partial charge in [-0.05, 0) is 37.1 Å². The van der Waals surface area contributed by atoms with Crippen LogP contribution in [0.3, 0.4) is 0 Å². The summed E-state index contributed by atoms with van der Waals surface area (Å²) < 4.78 is 5.22. The SMILES string of the molecule is COc1ccc(CC(C)N2CCN(c3ncccn3)CC2)cc1N.